The van der Waals surface area contributed by atoms with Gasteiger partial charge in [-0.05, 0) is 52.0 Å². The monoisotopic (exact) mass is 264 g/mol. The highest BCUT2D eigenvalue weighted by Gasteiger charge is 2.23. The van der Waals surface area contributed by atoms with Crippen LogP contribution in [0.4, 0.5) is 0 Å². The Kier molecular flexibility index (Phi) is 3.73. The molecule has 0 aliphatic heterocycles. The summed E-state index contributed by atoms with van der Waals surface area (Å²) in [5, 5.41) is 4.29. The first-order valence-electron chi connectivity index (χ1n) is 6.65. The first-order chi connectivity index (χ1) is 8.88. The van der Waals surface area contributed by atoms with E-state index in [4.69, 9.17) is 4.74 Å². The molecule has 1 heterocycles. The number of carbonyl (C=O) groups excluding carboxylic acids is 1. The van der Waals surface area contributed by atoms with Crippen LogP contribution in [0.1, 0.15) is 44.9 Å². The predicted octanol–water partition coefficient (Wildman–Crippen LogP) is 1.67. The number of aromatic nitrogens is 2. The molecule has 0 fully saturated rings. The minimum absolute atomic E-state index is 0.109. The van der Waals surface area contributed by atoms with Crippen molar-refractivity contribution in [1.82, 2.24) is 9.78 Å². The molecule has 5 heteroatoms. The third-order valence-electron chi connectivity index (χ3n) is 3.20. The standard InChI is InChI=1S/C14H20N2O3/c1-14(2,3)13(18)19-9-16-12(17)8-10-6-4-5-7-11(10)15-16/h8H,4-7,9H2,1-3H3. The topological polar surface area (TPSA) is 61.2 Å². The number of rotatable bonds is 2. The van der Waals surface area contributed by atoms with Gasteiger partial charge in [-0.1, -0.05) is 0 Å². The molecule has 0 saturated heterocycles. The molecule has 0 aromatic carbocycles. The van der Waals surface area contributed by atoms with Gasteiger partial charge in [0.1, 0.15) is 0 Å². The summed E-state index contributed by atoms with van der Waals surface area (Å²) in [6, 6.07) is 1.62. The van der Waals surface area contributed by atoms with Crippen molar-refractivity contribution >= 4 is 5.97 Å². The molecule has 0 spiro atoms. The maximum absolute atomic E-state index is 11.9. The minimum atomic E-state index is -0.572. The van der Waals surface area contributed by atoms with Gasteiger partial charge in [0.25, 0.3) is 5.56 Å². The molecule has 0 amide bonds. The third kappa shape index (κ3) is 3.22. The Morgan fingerprint density at radius 3 is 2.74 bits per heavy atom. The van der Waals surface area contributed by atoms with Crippen LogP contribution in [0.2, 0.25) is 0 Å². The quantitative estimate of drug-likeness (QED) is 0.762. The summed E-state index contributed by atoms with van der Waals surface area (Å²) < 4.78 is 6.36. The van der Waals surface area contributed by atoms with Crippen molar-refractivity contribution in [3.63, 3.8) is 0 Å². The van der Waals surface area contributed by atoms with E-state index in [1.54, 1.807) is 26.8 Å². The van der Waals surface area contributed by atoms with Gasteiger partial charge < -0.3 is 4.74 Å². The zero-order valence-electron chi connectivity index (χ0n) is 11.7. The smallest absolute Gasteiger partial charge is 0.313 e. The fraction of sp³-hybridized carbons (Fsp3) is 0.643. The maximum Gasteiger partial charge on any atom is 0.313 e. The zero-order valence-corrected chi connectivity index (χ0v) is 11.7. The average molecular weight is 264 g/mol. The van der Waals surface area contributed by atoms with Crippen molar-refractivity contribution in [3.8, 4) is 0 Å². The van der Waals surface area contributed by atoms with Gasteiger partial charge in [-0.25, -0.2) is 0 Å². The summed E-state index contributed by atoms with van der Waals surface area (Å²) in [7, 11) is 0. The van der Waals surface area contributed by atoms with Crippen molar-refractivity contribution in [3.05, 3.63) is 27.7 Å². The molecular formula is C14H20N2O3. The number of hydrogen-bond acceptors (Lipinski definition) is 4. The summed E-state index contributed by atoms with van der Waals surface area (Å²) >= 11 is 0. The van der Waals surface area contributed by atoms with E-state index in [0.29, 0.717) is 0 Å². The van der Waals surface area contributed by atoms with E-state index in [1.807, 2.05) is 0 Å². The van der Waals surface area contributed by atoms with Crippen LogP contribution in [0.25, 0.3) is 0 Å². The molecule has 0 radical (unpaired) electrons. The summed E-state index contributed by atoms with van der Waals surface area (Å²) in [5.74, 6) is -0.334. The van der Waals surface area contributed by atoms with Crippen LogP contribution in [-0.2, 0) is 29.1 Å². The van der Waals surface area contributed by atoms with Gasteiger partial charge in [-0.3, -0.25) is 9.59 Å². The van der Waals surface area contributed by atoms with Gasteiger partial charge in [0.15, 0.2) is 6.73 Å². The van der Waals surface area contributed by atoms with E-state index < -0.39 is 5.41 Å². The Morgan fingerprint density at radius 2 is 2.05 bits per heavy atom. The van der Waals surface area contributed by atoms with Crippen molar-refractivity contribution in [2.75, 3.05) is 0 Å². The van der Waals surface area contributed by atoms with Gasteiger partial charge in [0, 0.05) is 6.07 Å². The largest absolute Gasteiger partial charge is 0.442 e. The van der Waals surface area contributed by atoms with Crippen LogP contribution in [0.5, 0.6) is 0 Å². The minimum Gasteiger partial charge on any atom is -0.442 e. The molecular weight excluding hydrogens is 244 g/mol. The zero-order chi connectivity index (χ0) is 14.0. The van der Waals surface area contributed by atoms with E-state index >= 15 is 0 Å². The molecule has 1 aromatic heterocycles. The van der Waals surface area contributed by atoms with Crippen molar-refractivity contribution < 1.29 is 9.53 Å². The third-order valence-corrected chi connectivity index (χ3v) is 3.20. The van der Waals surface area contributed by atoms with E-state index in [-0.39, 0.29) is 18.3 Å². The molecule has 0 saturated carbocycles. The first-order valence-corrected chi connectivity index (χ1v) is 6.65. The highest BCUT2D eigenvalue weighted by molar-refractivity contribution is 5.75. The molecule has 1 aliphatic carbocycles. The Hall–Kier alpha value is -1.65. The van der Waals surface area contributed by atoms with Gasteiger partial charge in [0.05, 0.1) is 11.1 Å². The molecule has 19 heavy (non-hydrogen) atoms. The fourth-order valence-corrected chi connectivity index (χ4v) is 2.03. The molecule has 1 aromatic rings. The van der Waals surface area contributed by atoms with E-state index in [2.05, 4.69) is 5.10 Å². The Bertz CT molecular complexity index is 541. The van der Waals surface area contributed by atoms with E-state index in [9.17, 15) is 9.59 Å². The maximum atomic E-state index is 11.9. The van der Waals surface area contributed by atoms with Crippen LogP contribution in [0, 0.1) is 5.41 Å². The summed E-state index contributed by atoms with van der Waals surface area (Å²) in [6.45, 7) is 5.22. The second kappa shape index (κ2) is 5.15. The lowest BCUT2D eigenvalue weighted by molar-refractivity contribution is -0.157. The lowest BCUT2D eigenvalue weighted by Gasteiger charge is -2.18. The molecule has 0 atom stereocenters. The van der Waals surface area contributed by atoms with Gasteiger partial charge >= 0.3 is 5.97 Å². The van der Waals surface area contributed by atoms with Crippen molar-refractivity contribution in [2.24, 2.45) is 5.41 Å². The molecule has 0 bridgehead atoms. The highest BCUT2D eigenvalue weighted by Crippen LogP contribution is 2.17. The number of esters is 1. The number of fused-ring (bicyclic) bond motifs is 1. The number of carbonyl (C=O) groups is 1. The lowest BCUT2D eigenvalue weighted by Crippen LogP contribution is -2.30. The number of hydrogen-bond donors (Lipinski definition) is 0. The summed E-state index contributed by atoms with van der Waals surface area (Å²) in [5.41, 5.74) is 1.22. The van der Waals surface area contributed by atoms with Crippen molar-refractivity contribution in [2.45, 2.75) is 53.2 Å². The fourth-order valence-electron chi connectivity index (χ4n) is 2.03. The predicted molar refractivity (Wildman–Crippen MR) is 70.7 cm³/mol. The van der Waals surface area contributed by atoms with Crippen molar-refractivity contribution in [1.29, 1.82) is 0 Å². The summed E-state index contributed by atoms with van der Waals surface area (Å²) in [4.78, 5) is 23.5. The summed E-state index contributed by atoms with van der Waals surface area (Å²) in [6.07, 6.45) is 4.01. The number of aryl methyl sites for hydroxylation is 2. The SMILES string of the molecule is CC(C)(C)C(=O)OCn1nc2c(cc1=O)CCCC2. The van der Waals surface area contributed by atoms with E-state index in [0.717, 1.165) is 36.9 Å². The molecule has 0 unspecified atom stereocenters. The van der Waals surface area contributed by atoms with Crippen LogP contribution in [0.3, 0.4) is 0 Å². The van der Waals surface area contributed by atoms with E-state index in [1.165, 1.54) is 4.68 Å². The highest BCUT2D eigenvalue weighted by atomic mass is 16.5. The number of nitrogens with zero attached hydrogens (tertiary/aromatic N) is 2. The Balaban J connectivity index is 2.13. The molecule has 2 rings (SSSR count). The van der Waals surface area contributed by atoms with Gasteiger partial charge in [0.2, 0.25) is 0 Å². The average Bonchev–Trinajstić information content (AvgIpc) is 2.34. The van der Waals surface area contributed by atoms with Gasteiger partial charge in [-0.15, -0.1) is 0 Å². The molecule has 5 nitrogen and oxygen atoms in total. The van der Waals surface area contributed by atoms with Crippen LogP contribution in [-0.4, -0.2) is 15.7 Å². The van der Waals surface area contributed by atoms with Crippen LogP contribution >= 0.6 is 0 Å². The number of ether oxygens (including phenoxy) is 1. The lowest BCUT2D eigenvalue weighted by atomic mass is 9.97. The molecule has 1 aliphatic rings. The first kappa shape index (κ1) is 13.8. The second-order valence-corrected chi connectivity index (χ2v) is 5.97. The van der Waals surface area contributed by atoms with Crippen LogP contribution in [0.15, 0.2) is 10.9 Å². The molecule has 104 valence electrons. The Morgan fingerprint density at radius 1 is 1.37 bits per heavy atom. The van der Waals surface area contributed by atoms with Gasteiger partial charge in [-0.2, -0.15) is 9.78 Å². The normalized spacial score (nSPS) is 14.9. The second-order valence-electron chi connectivity index (χ2n) is 5.97. The molecule has 0 N–H and O–H groups in total. The van der Waals surface area contributed by atoms with Crippen LogP contribution < -0.4 is 5.56 Å². The Labute approximate surface area is 112 Å².